The second-order valence-corrected chi connectivity index (χ2v) is 7.67. The summed E-state index contributed by atoms with van der Waals surface area (Å²) in [7, 11) is 0. The fourth-order valence-electron chi connectivity index (χ4n) is 3.02. The average molecular weight is 317 g/mol. The molecule has 0 fully saturated rings. The molecule has 1 unspecified atom stereocenters. The van der Waals surface area contributed by atoms with Crippen LogP contribution in [0.5, 0.6) is 0 Å². The first-order chi connectivity index (χ1) is 11.4. The van der Waals surface area contributed by atoms with Crippen molar-refractivity contribution >= 4 is 11.4 Å². The fraction of sp³-hybridized carbons (Fsp3) is 0.304. The largest absolute Gasteiger partial charge is 0.311 e. The normalized spacial score (nSPS) is 17.5. The summed E-state index contributed by atoms with van der Waals surface area (Å²) in [6.07, 6.45) is 7.98. The number of allylic oxidation sites excluding steroid dienone is 3. The van der Waals surface area contributed by atoms with E-state index in [0.717, 1.165) is 6.42 Å². The van der Waals surface area contributed by atoms with Crippen LogP contribution >= 0.6 is 0 Å². The third-order valence-electron chi connectivity index (χ3n) is 4.56. The van der Waals surface area contributed by atoms with Crippen molar-refractivity contribution in [2.45, 2.75) is 39.5 Å². The molecule has 1 nitrogen and oxygen atoms in total. The van der Waals surface area contributed by atoms with Crippen molar-refractivity contribution in [3.8, 4) is 0 Å². The Bertz CT molecular complexity index is 730. The van der Waals surface area contributed by atoms with Crippen LogP contribution in [0.15, 0.2) is 78.5 Å². The third kappa shape index (κ3) is 3.62. The van der Waals surface area contributed by atoms with Crippen LogP contribution in [-0.2, 0) is 5.41 Å². The molecule has 1 heteroatoms. The molecular formula is C23H27N. The van der Waals surface area contributed by atoms with Gasteiger partial charge in [-0.2, -0.15) is 0 Å². The molecule has 0 heterocycles. The molecule has 2 aromatic carbocycles. The van der Waals surface area contributed by atoms with Gasteiger partial charge in [-0.05, 0) is 53.7 Å². The van der Waals surface area contributed by atoms with Gasteiger partial charge in [0.05, 0.1) is 0 Å². The summed E-state index contributed by atoms with van der Waals surface area (Å²) in [5, 5.41) is 0. The Hall–Kier alpha value is -2.28. The van der Waals surface area contributed by atoms with Crippen molar-refractivity contribution in [3.05, 3.63) is 84.1 Å². The number of para-hydroxylation sites is 1. The van der Waals surface area contributed by atoms with E-state index in [2.05, 4.69) is 105 Å². The third-order valence-corrected chi connectivity index (χ3v) is 4.56. The molecule has 0 N–H and O–H groups in total. The number of rotatable bonds is 3. The van der Waals surface area contributed by atoms with Crippen LogP contribution in [0.2, 0.25) is 0 Å². The molecule has 0 amide bonds. The summed E-state index contributed by atoms with van der Waals surface area (Å²) in [4.78, 5) is 2.34. The zero-order chi connectivity index (χ0) is 17.2. The van der Waals surface area contributed by atoms with Crippen LogP contribution in [0, 0.1) is 5.92 Å². The van der Waals surface area contributed by atoms with Crippen LogP contribution in [0.25, 0.3) is 0 Å². The standard InChI is InChI=1S/C23H27N/c1-18-10-14-21(15-11-18)24(20-8-6-5-7-9-20)22-16-12-19(13-17-22)23(2,3)4/h5-10,12-18H,11H2,1-4H3. The van der Waals surface area contributed by atoms with E-state index in [9.17, 15) is 0 Å². The molecule has 1 aliphatic carbocycles. The molecular weight excluding hydrogens is 290 g/mol. The highest BCUT2D eigenvalue weighted by molar-refractivity contribution is 5.70. The van der Waals surface area contributed by atoms with Crippen LogP contribution in [0.3, 0.4) is 0 Å². The van der Waals surface area contributed by atoms with Gasteiger partial charge in [0.15, 0.2) is 0 Å². The summed E-state index contributed by atoms with van der Waals surface area (Å²) < 4.78 is 0. The highest BCUT2D eigenvalue weighted by atomic mass is 15.1. The average Bonchev–Trinajstić information content (AvgIpc) is 2.58. The quantitative estimate of drug-likeness (QED) is 0.616. The van der Waals surface area contributed by atoms with Crippen molar-refractivity contribution in [2.75, 3.05) is 4.90 Å². The maximum Gasteiger partial charge on any atom is 0.0461 e. The van der Waals surface area contributed by atoms with E-state index in [-0.39, 0.29) is 5.41 Å². The van der Waals surface area contributed by atoms with Crippen molar-refractivity contribution in [1.29, 1.82) is 0 Å². The lowest BCUT2D eigenvalue weighted by Crippen LogP contribution is -2.17. The van der Waals surface area contributed by atoms with E-state index >= 15 is 0 Å². The van der Waals surface area contributed by atoms with E-state index in [1.54, 1.807) is 0 Å². The second kappa shape index (κ2) is 6.68. The van der Waals surface area contributed by atoms with Crippen molar-refractivity contribution < 1.29 is 0 Å². The summed E-state index contributed by atoms with van der Waals surface area (Å²) >= 11 is 0. The fourth-order valence-corrected chi connectivity index (χ4v) is 3.02. The van der Waals surface area contributed by atoms with Gasteiger partial charge in [-0.1, -0.05) is 70.2 Å². The molecule has 0 saturated carbocycles. The van der Waals surface area contributed by atoms with Gasteiger partial charge in [-0.3, -0.25) is 0 Å². The van der Waals surface area contributed by atoms with Crippen molar-refractivity contribution in [3.63, 3.8) is 0 Å². The van der Waals surface area contributed by atoms with Gasteiger partial charge in [0.1, 0.15) is 0 Å². The molecule has 24 heavy (non-hydrogen) atoms. The lowest BCUT2D eigenvalue weighted by molar-refractivity contribution is 0.590. The number of nitrogens with zero attached hydrogens (tertiary/aromatic N) is 1. The maximum atomic E-state index is 2.34. The maximum absolute atomic E-state index is 2.34. The Balaban J connectivity index is 2.01. The molecule has 0 aromatic heterocycles. The summed E-state index contributed by atoms with van der Waals surface area (Å²) in [6, 6.07) is 19.6. The summed E-state index contributed by atoms with van der Waals surface area (Å²) in [6.45, 7) is 9.02. The first-order valence-corrected chi connectivity index (χ1v) is 8.79. The minimum Gasteiger partial charge on any atom is -0.311 e. The van der Waals surface area contributed by atoms with E-state index in [0.29, 0.717) is 5.92 Å². The molecule has 0 saturated heterocycles. The van der Waals surface area contributed by atoms with Gasteiger partial charge in [0, 0.05) is 17.1 Å². The predicted molar refractivity (Wildman–Crippen MR) is 105 cm³/mol. The van der Waals surface area contributed by atoms with Gasteiger partial charge in [-0.15, -0.1) is 0 Å². The molecule has 0 bridgehead atoms. The Morgan fingerprint density at radius 2 is 1.50 bits per heavy atom. The topological polar surface area (TPSA) is 3.24 Å². The molecule has 124 valence electrons. The summed E-state index contributed by atoms with van der Waals surface area (Å²) in [5.41, 5.74) is 5.20. The highest BCUT2D eigenvalue weighted by Crippen LogP contribution is 2.34. The van der Waals surface area contributed by atoms with E-state index in [1.807, 2.05) is 0 Å². The first kappa shape index (κ1) is 16.6. The molecule has 0 aliphatic heterocycles. The van der Waals surface area contributed by atoms with E-state index in [1.165, 1.54) is 22.6 Å². The van der Waals surface area contributed by atoms with E-state index in [4.69, 9.17) is 0 Å². The molecule has 2 aromatic rings. The zero-order valence-corrected chi connectivity index (χ0v) is 15.2. The summed E-state index contributed by atoms with van der Waals surface area (Å²) in [5.74, 6) is 0.620. The van der Waals surface area contributed by atoms with Gasteiger partial charge < -0.3 is 4.90 Å². The van der Waals surface area contributed by atoms with Gasteiger partial charge in [0.2, 0.25) is 0 Å². The molecule has 0 spiro atoms. The number of benzene rings is 2. The van der Waals surface area contributed by atoms with E-state index < -0.39 is 0 Å². The smallest absolute Gasteiger partial charge is 0.0461 e. The lowest BCUT2D eigenvalue weighted by Gasteiger charge is -2.29. The Labute approximate surface area is 146 Å². The van der Waals surface area contributed by atoms with Gasteiger partial charge in [-0.25, -0.2) is 0 Å². The number of hydrogen-bond donors (Lipinski definition) is 0. The van der Waals surface area contributed by atoms with Crippen LogP contribution in [0.1, 0.15) is 39.7 Å². The molecule has 1 atom stereocenters. The molecule has 3 rings (SSSR count). The second-order valence-electron chi connectivity index (χ2n) is 7.67. The Kier molecular flexibility index (Phi) is 4.62. The van der Waals surface area contributed by atoms with Gasteiger partial charge >= 0.3 is 0 Å². The first-order valence-electron chi connectivity index (χ1n) is 8.79. The zero-order valence-electron chi connectivity index (χ0n) is 15.2. The highest BCUT2D eigenvalue weighted by Gasteiger charge is 2.17. The molecule has 0 radical (unpaired) electrons. The lowest BCUT2D eigenvalue weighted by atomic mass is 9.87. The Morgan fingerprint density at radius 3 is 2.04 bits per heavy atom. The van der Waals surface area contributed by atoms with Gasteiger partial charge in [0.25, 0.3) is 0 Å². The molecule has 1 aliphatic rings. The van der Waals surface area contributed by atoms with Crippen molar-refractivity contribution in [1.82, 2.24) is 0 Å². The minimum absolute atomic E-state index is 0.176. The number of anilines is 2. The Morgan fingerprint density at radius 1 is 0.875 bits per heavy atom. The predicted octanol–water partition coefficient (Wildman–Crippen LogP) is 6.60. The van der Waals surface area contributed by atoms with Crippen LogP contribution in [0.4, 0.5) is 11.4 Å². The SMILES string of the molecule is CC1C=CC(N(c2ccccc2)c2ccc(C(C)(C)C)cc2)=CC1. The van der Waals surface area contributed by atoms with Crippen LogP contribution in [-0.4, -0.2) is 0 Å². The van der Waals surface area contributed by atoms with Crippen LogP contribution < -0.4 is 4.90 Å². The van der Waals surface area contributed by atoms with Crippen molar-refractivity contribution in [2.24, 2.45) is 5.92 Å². The minimum atomic E-state index is 0.176. The monoisotopic (exact) mass is 317 g/mol. The number of hydrogen-bond acceptors (Lipinski definition) is 1.